The van der Waals surface area contributed by atoms with Crippen LogP contribution in [0, 0.1) is 0 Å². The Hall–Kier alpha value is -0.501. The Morgan fingerprint density at radius 2 is 2.38 bits per heavy atom. The monoisotopic (exact) mass is 243 g/mol. The predicted molar refractivity (Wildman–Crippen MR) is 54.5 cm³/mol. The average Bonchev–Trinajstić information content (AvgIpc) is 2.59. The van der Waals surface area contributed by atoms with Crippen molar-refractivity contribution in [3.63, 3.8) is 0 Å². The summed E-state index contributed by atoms with van der Waals surface area (Å²) in [5.41, 5.74) is 1.45. The van der Waals surface area contributed by atoms with Gasteiger partial charge in [-0.2, -0.15) is 0 Å². The maximum absolute atomic E-state index is 5.34. The van der Waals surface area contributed by atoms with Crippen molar-refractivity contribution in [2.24, 2.45) is 0 Å². The Labute approximate surface area is 85.3 Å². The molecule has 1 aromatic rings. The number of methoxy groups -OCH3 is 1. The van der Waals surface area contributed by atoms with Crippen molar-refractivity contribution in [3.8, 4) is 5.75 Å². The summed E-state index contributed by atoms with van der Waals surface area (Å²) in [5.74, 6) is 1.06. The van der Waals surface area contributed by atoms with E-state index in [2.05, 4.69) is 29.0 Å². The molecule has 0 aliphatic carbocycles. The molecule has 0 unspecified atom stereocenters. The van der Waals surface area contributed by atoms with E-state index in [-0.39, 0.29) is 0 Å². The van der Waals surface area contributed by atoms with Crippen molar-refractivity contribution in [1.82, 2.24) is 3.92 Å². The van der Waals surface area contributed by atoms with Crippen molar-refractivity contribution in [2.45, 2.75) is 13.5 Å². The van der Waals surface area contributed by atoms with E-state index in [4.69, 9.17) is 4.74 Å². The van der Waals surface area contributed by atoms with E-state index in [1.54, 1.807) is 7.11 Å². The Kier molecular flexibility index (Phi) is 2.58. The van der Waals surface area contributed by atoms with Crippen molar-refractivity contribution in [2.75, 3.05) is 13.7 Å². The Morgan fingerprint density at radius 3 is 3.08 bits per heavy atom. The summed E-state index contributed by atoms with van der Waals surface area (Å²) in [6.45, 7) is 4.45. The summed E-state index contributed by atoms with van der Waals surface area (Å²) in [6, 6.07) is 6.34. The Bertz CT molecular complexity index is 314. The molecule has 70 valence electrons. The van der Waals surface area contributed by atoms with Crippen molar-refractivity contribution < 1.29 is 4.74 Å². The molecule has 0 amide bonds. The second-order valence-corrected chi connectivity index (χ2v) is 5.32. The van der Waals surface area contributed by atoms with Crippen LogP contribution < -0.4 is 9.20 Å². The molecule has 1 aromatic carbocycles. The molecule has 0 spiro atoms. The van der Waals surface area contributed by atoms with Gasteiger partial charge in [-0.3, -0.25) is 0 Å². The fourth-order valence-electron chi connectivity index (χ4n) is 1.48. The molecular formula is C10H13NOSe. The number of hydrogen-bond acceptors (Lipinski definition) is 2. The first kappa shape index (κ1) is 9.07. The summed E-state index contributed by atoms with van der Waals surface area (Å²) >= 11 is 0.469. The van der Waals surface area contributed by atoms with Crippen LogP contribution in [0.5, 0.6) is 5.75 Å². The number of rotatable bonds is 2. The molecule has 0 aromatic heterocycles. The molecule has 13 heavy (non-hydrogen) atoms. The van der Waals surface area contributed by atoms with Crippen LogP contribution in [0.3, 0.4) is 0 Å². The third-order valence-electron chi connectivity index (χ3n) is 2.20. The molecule has 0 saturated heterocycles. The molecule has 1 aliphatic heterocycles. The second-order valence-electron chi connectivity index (χ2n) is 3.00. The summed E-state index contributed by atoms with van der Waals surface area (Å²) in [6.07, 6.45) is 0. The number of hydrogen-bond donors (Lipinski definition) is 0. The molecule has 1 heterocycles. The standard InChI is InChI=1S/C10H13NOSe/c1-3-11-7-8-5-4-6-9(12-2)10(8)13-11/h4-6H,3,7H2,1-2H3. The van der Waals surface area contributed by atoms with Crippen LogP contribution in [0.4, 0.5) is 0 Å². The summed E-state index contributed by atoms with van der Waals surface area (Å²) < 4.78 is 9.24. The summed E-state index contributed by atoms with van der Waals surface area (Å²) in [5, 5.41) is 0. The molecule has 0 saturated carbocycles. The van der Waals surface area contributed by atoms with E-state index in [0.29, 0.717) is 15.2 Å². The first-order chi connectivity index (χ1) is 6.35. The van der Waals surface area contributed by atoms with Crippen LogP contribution in [0.2, 0.25) is 0 Å². The molecule has 0 radical (unpaired) electrons. The van der Waals surface area contributed by atoms with Gasteiger partial charge in [0, 0.05) is 0 Å². The van der Waals surface area contributed by atoms with Crippen LogP contribution >= 0.6 is 0 Å². The van der Waals surface area contributed by atoms with Gasteiger partial charge in [-0.15, -0.1) is 0 Å². The number of ether oxygens (including phenoxy) is 1. The van der Waals surface area contributed by atoms with E-state index in [1.165, 1.54) is 10.0 Å². The molecule has 0 atom stereocenters. The molecule has 0 N–H and O–H groups in total. The van der Waals surface area contributed by atoms with Gasteiger partial charge in [-0.25, -0.2) is 0 Å². The fraction of sp³-hybridized carbons (Fsp3) is 0.400. The number of benzene rings is 1. The van der Waals surface area contributed by atoms with Gasteiger partial charge in [-0.05, 0) is 0 Å². The predicted octanol–water partition coefficient (Wildman–Crippen LogP) is 0.775. The van der Waals surface area contributed by atoms with Gasteiger partial charge in [0.25, 0.3) is 0 Å². The first-order valence-electron chi connectivity index (χ1n) is 4.44. The third-order valence-corrected chi connectivity index (χ3v) is 4.91. The Morgan fingerprint density at radius 1 is 1.54 bits per heavy atom. The zero-order valence-corrected chi connectivity index (χ0v) is 9.62. The maximum atomic E-state index is 5.34. The van der Waals surface area contributed by atoms with Crippen LogP contribution in [0.15, 0.2) is 18.2 Å². The molecule has 0 bridgehead atoms. The van der Waals surface area contributed by atoms with Gasteiger partial charge in [0.05, 0.1) is 0 Å². The van der Waals surface area contributed by atoms with Gasteiger partial charge < -0.3 is 0 Å². The topological polar surface area (TPSA) is 12.5 Å². The van der Waals surface area contributed by atoms with E-state index >= 15 is 0 Å². The molecule has 2 nitrogen and oxygen atoms in total. The molecular weight excluding hydrogens is 229 g/mol. The zero-order valence-electron chi connectivity index (χ0n) is 7.91. The van der Waals surface area contributed by atoms with E-state index in [0.717, 1.165) is 18.8 Å². The Balaban J connectivity index is 2.33. The second kappa shape index (κ2) is 3.70. The summed E-state index contributed by atoms with van der Waals surface area (Å²) in [7, 11) is 1.75. The minimum absolute atomic E-state index is 0.469. The van der Waals surface area contributed by atoms with E-state index in [9.17, 15) is 0 Å². The van der Waals surface area contributed by atoms with Gasteiger partial charge in [-0.1, -0.05) is 0 Å². The van der Waals surface area contributed by atoms with Crippen molar-refractivity contribution in [3.05, 3.63) is 23.8 Å². The van der Waals surface area contributed by atoms with E-state index in [1.807, 2.05) is 0 Å². The van der Waals surface area contributed by atoms with Crippen molar-refractivity contribution >= 4 is 19.6 Å². The van der Waals surface area contributed by atoms with Gasteiger partial charge >= 0.3 is 84.9 Å². The SMILES string of the molecule is CCN1Cc2cccc(OC)c2[Se]1. The summed E-state index contributed by atoms with van der Waals surface area (Å²) in [4.78, 5) is 0. The van der Waals surface area contributed by atoms with Gasteiger partial charge in [0.2, 0.25) is 0 Å². The van der Waals surface area contributed by atoms with Gasteiger partial charge in [0.1, 0.15) is 0 Å². The molecule has 3 heteroatoms. The zero-order chi connectivity index (χ0) is 9.26. The van der Waals surface area contributed by atoms with E-state index < -0.39 is 0 Å². The molecule has 2 rings (SSSR count). The van der Waals surface area contributed by atoms with Crippen molar-refractivity contribution in [1.29, 1.82) is 0 Å². The molecule has 0 fully saturated rings. The third kappa shape index (κ3) is 1.60. The van der Waals surface area contributed by atoms with Crippen LogP contribution in [0.1, 0.15) is 12.5 Å². The quantitative estimate of drug-likeness (QED) is 0.710. The average molecular weight is 242 g/mol. The first-order valence-corrected chi connectivity index (χ1v) is 6.06. The van der Waals surface area contributed by atoms with Gasteiger partial charge in [0.15, 0.2) is 0 Å². The normalized spacial score (nSPS) is 15.8. The minimum atomic E-state index is 0.469. The van der Waals surface area contributed by atoms with Crippen LogP contribution in [-0.2, 0) is 6.54 Å². The number of nitrogens with zero attached hydrogens (tertiary/aromatic N) is 1. The number of fused-ring (bicyclic) bond motifs is 1. The van der Waals surface area contributed by atoms with Crippen LogP contribution in [0.25, 0.3) is 0 Å². The van der Waals surface area contributed by atoms with Crippen LogP contribution in [-0.4, -0.2) is 32.7 Å². The molecule has 1 aliphatic rings. The fourth-order valence-corrected chi connectivity index (χ4v) is 3.75.